The van der Waals surface area contributed by atoms with Gasteiger partial charge in [0.1, 0.15) is 0 Å². The van der Waals surface area contributed by atoms with Gasteiger partial charge in [-0.1, -0.05) is 87.5 Å². The summed E-state index contributed by atoms with van der Waals surface area (Å²) in [7, 11) is -1.25. The standard InChI is InChI=1S/C20H25OSi/c1-5-17(4)20(16(2)3)21-22(18-12-8-6-9-13-18)19-14-10-7-11-15-19/h5-17,20H,1H2,2-4H3. The predicted molar refractivity (Wildman–Crippen MR) is 97.0 cm³/mol. The van der Waals surface area contributed by atoms with Crippen molar-refractivity contribution in [1.29, 1.82) is 0 Å². The molecule has 0 amide bonds. The molecule has 2 heteroatoms. The first-order chi connectivity index (χ1) is 10.6. The lowest BCUT2D eigenvalue weighted by Gasteiger charge is -2.30. The molecule has 0 aromatic heterocycles. The summed E-state index contributed by atoms with van der Waals surface area (Å²) in [4.78, 5) is 0. The van der Waals surface area contributed by atoms with Crippen LogP contribution in [-0.4, -0.2) is 15.1 Å². The minimum atomic E-state index is -1.25. The highest BCUT2D eigenvalue weighted by Crippen LogP contribution is 2.18. The fourth-order valence-corrected chi connectivity index (χ4v) is 4.96. The van der Waals surface area contributed by atoms with Crippen LogP contribution in [0.2, 0.25) is 0 Å². The Morgan fingerprint density at radius 2 is 1.32 bits per heavy atom. The molecule has 0 aliphatic carbocycles. The Bertz CT molecular complexity index is 525. The maximum Gasteiger partial charge on any atom is 0.283 e. The van der Waals surface area contributed by atoms with Crippen LogP contribution in [0.3, 0.4) is 0 Å². The van der Waals surface area contributed by atoms with Crippen molar-refractivity contribution in [3.63, 3.8) is 0 Å². The molecule has 0 spiro atoms. The summed E-state index contributed by atoms with van der Waals surface area (Å²) in [6, 6.07) is 21.2. The Morgan fingerprint density at radius 3 is 1.68 bits per heavy atom. The quantitative estimate of drug-likeness (QED) is 0.560. The molecule has 22 heavy (non-hydrogen) atoms. The molecule has 0 N–H and O–H groups in total. The summed E-state index contributed by atoms with van der Waals surface area (Å²) in [5, 5.41) is 2.58. The Balaban J connectivity index is 2.35. The molecule has 2 atom stereocenters. The molecule has 0 saturated carbocycles. The van der Waals surface area contributed by atoms with Crippen molar-refractivity contribution in [1.82, 2.24) is 0 Å². The largest absolute Gasteiger partial charge is 0.403 e. The van der Waals surface area contributed by atoms with Gasteiger partial charge in [0.15, 0.2) is 0 Å². The van der Waals surface area contributed by atoms with Crippen LogP contribution in [0.4, 0.5) is 0 Å². The minimum Gasteiger partial charge on any atom is -0.403 e. The first kappa shape index (κ1) is 16.7. The summed E-state index contributed by atoms with van der Waals surface area (Å²) >= 11 is 0. The molecular formula is C20H25OSi. The number of rotatable bonds is 7. The van der Waals surface area contributed by atoms with E-state index < -0.39 is 9.04 Å². The Hall–Kier alpha value is -1.64. The molecule has 2 rings (SSSR count). The van der Waals surface area contributed by atoms with E-state index in [0.717, 1.165) is 0 Å². The Kier molecular flexibility index (Phi) is 6.17. The lowest BCUT2D eigenvalue weighted by molar-refractivity contribution is 0.121. The first-order valence-corrected chi connectivity index (χ1v) is 9.31. The third-order valence-electron chi connectivity index (χ3n) is 3.87. The van der Waals surface area contributed by atoms with E-state index in [4.69, 9.17) is 4.43 Å². The zero-order valence-electron chi connectivity index (χ0n) is 13.7. The van der Waals surface area contributed by atoms with Crippen LogP contribution < -0.4 is 10.4 Å². The molecule has 0 saturated heterocycles. The van der Waals surface area contributed by atoms with E-state index in [0.29, 0.717) is 11.8 Å². The number of benzene rings is 2. The summed E-state index contributed by atoms with van der Waals surface area (Å²) in [6.45, 7) is 10.6. The smallest absolute Gasteiger partial charge is 0.283 e. The van der Waals surface area contributed by atoms with E-state index in [2.05, 4.69) is 88.0 Å². The van der Waals surface area contributed by atoms with Gasteiger partial charge in [0, 0.05) is 0 Å². The van der Waals surface area contributed by atoms with Crippen LogP contribution in [0.25, 0.3) is 0 Å². The van der Waals surface area contributed by atoms with Crippen molar-refractivity contribution in [2.45, 2.75) is 26.9 Å². The van der Waals surface area contributed by atoms with Crippen molar-refractivity contribution in [2.75, 3.05) is 0 Å². The summed E-state index contributed by atoms with van der Waals surface area (Å²) < 4.78 is 6.67. The van der Waals surface area contributed by atoms with Gasteiger partial charge in [-0.2, -0.15) is 0 Å². The number of hydrogen-bond acceptors (Lipinski definition) is 1. The third-order valence-corrected chi connectivity index (χ3v) is 6.10. The first-order valence-electron chi connectivity index (χ1n) is 7.90. The molecule has 0 bridgehead atoms. The lowest BCUT2D eigenvalue weighted by Crippen LogP contribution is -2.49. The van der Waals surface area contributed by atoms with Gasteiger partial charge in [-0.25, -0.2) is 0 Å². The van der Waals surface area contributed by atoms with Crippen molar-refractivity contribution in [2.24, 2.45) is 11.8 Å². The van der Waals surface area contributed by atoms with Gasteiger partial charge in [-0.05, 0) is 22.2 Å². The van der Waals surface area contributed by atoms with Gasteiger partial charge in [-0.3, -0.25) is 0 Å². The fraction of sp³-hybridized carbons (Fsp3) is 0.300. The number of hydrogen-bond donors (Lipinski definition) is 0. The normalized spacial score (nSPS) is 14.0. The maximum absolute atomic E-state index is 6.67. The second kappa shape index (κ2) is 8.11. The van der Waals surface area contributed by atoms with Crippen molar-refractivity contribution in [3.8, 4) is 0 Å². The molecule has 1 nitrogen and oxygen atoms in total. The molecule has 0 aliphatic heterocycles. The fourth-order valence-electron chi connectivity index (χ4n) is 2.60. The Morgan fingerprint density at radius 1 is 0.864 bits per heavy atom. The SMILES string of the molecule is C=CC(C)C(O[Si](c1ccccc1)c1ccccc1)C(C)C. The van der Waals surface area contributed by atoms with Gasteiger partial charge in [-0.15, -0.1) is 6.58 Å². The van der Waals surface area contributed by atoms with E-state index in [1.54, 1.807) is 0 Å². The minimum absolute atomic E-state index is 0.187. The van der Waals surface area contributed by atoms with Crippen molar-refractivity contribution < 1.29 is 4.43 Å². The molecule has 2 unspecified atom stereocenters. The average Bonchev–Trinajstić information content (AvgIpc) is 2.56. The molecule has 0 heterocycles. The van der Waals surface area contributed by atoms with E-state index in [1.807, 2.05) is 6.08 Å². The molecule has 2 aromatic rings. The van der Waals surface area contributed by atoms with Crippen LogP contribution in [0.15, 0.2) is 73.3 Å². The second-order valence-corrected chi connectivity index (χ2v) is 8.03. The van der Waals surface area contributed by atoms with E-state index >= 15 is 0 Å². The molecule has 0 aliphatic rings. The maximum atomic E-state index is 6.67. The van der Waals surface area contributed by atoms with Crippen LogP contribution in [-0.2, 0) is 4.43 Å². The van der Waals surface area contributed by atoms with Gasteiger partial charge in [0.2, 0.25) is 0 Å². The van der Waals surface area contributed by atoms with E-state index in [9.17, 15) is 0 Å². The predicted octanol–water partition coefficient (Wildman–Crippen LogP) is 3.66. The highest BCUT2D eigenvalue weighted by molar-refractivity contribution is 6.80. The van der Waals surface area contributed by atoms with Crippen LogP contribution in [0, 0.1) is 11.8 Å². The van der Waals surface area contributed by atoms with E-state index in [-0.39, 0.29) is 6.10 Å². The van der Waals surface area contributed by atoms with Gasteiger partial charge >= 0.3 is 0 Å². The Labute approximate surface area is 136 Å². The molecule has 1 radical (unpaired) electrons. The lowest BCUT2D eigenvalue weighted by atomic mass is 9.95. The molecule has 115 valence electrons. The van der Waals surface area contributed by atoms with Crippen molar-refractivity contribution in [3.05, 3.63) is 73.3 Å². The van der Waals surface area contributed by atoms with Crippen LogP contribution >= 0.6 is 0 Å². The van der Waals surface area contributed by atoms with Crippen molar-refractivity contribution >= 4 is 19.4 Å². The van der Waals surface area contributed by atoms with Crippen LogP contribution in [0.1, 0.15) is 20.8 Å². The highest BCUT2D eigenvalue weighted by atomic mass is 28.3. The van der Waals surface area contributed by atoms with Gasteiger partial charge in [0.05, 0.1) is 6.10 Å². The van der Waals surface area contributed by atoms with E-state index in [1.165, 1.54) is 10.4 Å². The highest BCUT2D eigenvalue weighted by Gasteiger charge is 2.27. The van der Waals surface area contributed by atoms with Gasteiger partial charge < -0.3 is 4.43 Å². The molecule has 2 aromatic carbocycles. The molecule has 0 fully saturated rings. The van der Waals surface area contributed by atoms with Gasteiger partial charge in [0.25, 0.3) is 9.04 Å². The monoisotopic (exact) mass is 309 g/mol. The topological polar surface area (TPSA) is 9.23 Å². The third kappa shape index (κ3) is 4.18. The summed E-state index contributed by atoms with van der Waals surface area (Å²) in [5.74, 6) is 0.799. The second-order valence-electron chi connectivity index (χ2n) is 5.98. The summed E-state index contributed by atoms with van der Waals surface area (Å²) in [6.07, 6.45) is 2.19. The zero-order chi connectivity index (χ0) is 15.9. The zero-order valence-corrected chi connectivity index (χ0v) is 14.7. The van der Waals surface area contributed by atoms with Crippen LogP contribution in [0.5, 0.6) is 0 Å². The molecular weight excluding hydrogens is 284 g/mol. The summed E-state index contributed by atoms with van der Waals surface area (Å²) in [5.41, 5.74) is 0. The average molecular weight is 310 g/mol.